The number of halogens is 7. The summed E-state index contributed by atoms with van der Waals surface area (Å²) in [4.78, 5) is 0. The largest absolute Gasteiger partial charge is 0.429 e. The normalized spacial score (nSPS) is 32.1. The molecule has 2 saturated carbocycles. The van der Waals surface area contributed by atoms with E-state index in [0.717, 1.165) is 49.0 Å². The van der Waals surface area contributed by atoms with Crippen LogP contribution in [0.25, 0.3) is 0 Å². The molecule has 2 unspecified atom stereocenters. The highest BCUT2D eigenvalue weighted by Gasteiger charge is 2.60. The zero-order chi connectivity index (χ0) is 28.3. The molecule has 1 aromatic rings. The van der Waals surface area contributed by atoms with Gasteiger partial charge in [-0.05, 0) is 98.1 Å². The molecule has 0 N–H and O–H groups in total. The number of ether oxygens (including phenoxy) is 1. The SMILES string of the molecule is CCCCCC1CCC(C2CCC(c3ccc(C(F)(F)OC4=CC(F)C(F)(C(F)(F)F)C=C4)cc3)CC2)CC1. The Kier molecular flexibility index (Phi) is 9.42. The van der Waals surface area contributed by atoms with Crippen LogP contribution in [0.15, 0.2) is 48.3 Å². The summed E-state index contributed by atoms with van der Waals surface area (Å²) in [6.45, 7) is 2.24. The molecule has 3 aliphatic rings. The van der Waals surface area contributed by atoms with Crippen LogP contribution in [0, 0.1) is 17.8 Å². The molecule has 1 nitrogen and oxygen atoms in total. The van der Waals surface area contributed by atoms with Crippen molar-refractivity contribution in [2.75, 3.05) is 0 Å². The van der Waals surface area contributed by atoms with Crippen molar-refractivity contribution in [3.63, 3.8) is 0 Å². The van der Waals surface area contributed by atoms with Crippen molar-refractivity contribution in [1.29, 1.82) is 0 Å². The Hall–Kier alpha value is -1.99. The van der Waals surface area contributed by atoms with E-state index in [9.17, 15) is 30.7 Å². The molecule has 0 bridgehead atoms. The Balaban J connectivity index is 1.27. The van der Waals surface area contributed by atoms with Crippen LogP contribution in [-0.4, -0.2) is 18.0 Å². The van der Waals surface area contributed by atoms with Crippen LogP contribution in [0.2, 0.25) is 0 Å². The van der Waals surface area contributed by atoms with Gasteiger partial charge in [0.15, 0.2) is 6.17 Å². The fraction of sp³-hybridized carbons (Fsp3) is 0.677. The molecule has 0 aliphatic heterocycles. The average molecular weight is 561 g/mol. The summed E-state index contributed by atoms with van der Waals surface area (Å²) < 4.78 is 100. The molecule has 0 radical (unpaired) electrons. The van der Waals surface area contributed by atoms with E-state index >= 15 is 0 Å². The number of unbranched alkanes of at least 4 members (excludes halogenated alkanes) is 2. The van der Waals surface area contributed by atoms with Crippen molar-refractivity contribution >= 4 is 0 Å². The van der Waals surface area contributed by atoms with Gasteiger partial charge in [0.2, 0.25) is 0 Å². The van der Waals surface area contributed by atoms with Gasteiger partial charge < -0.3 is 4.74 Å². The maximum absolute atomic E-state index is 14.7. The van der Waals surface area contributed by atoms with E-state index in [2.05, 4.69) is 11.7 Å². The fourth-order valence-corrected chi connectivity index (χ4v) is 6.65. The number of rotatable bonds is 9. The number of hydrogen-bond acceptors (Lipinski definition) is 1. The minimum Gasteiger partial charge on any atom is -0.429 e. The van der Waals surface area contributed by atoms with Crippen LogP contribution in [-0.2, 0) is 10.8 Å². The molecule has 2 atom stereocenters. The zero-order valence-electron chi connectivity index (χ0n) is 22.5. The summed E-state index contributed by atoms with van der Waals surface area (Å²) in [6, 6.07) is 5.74. The second-order valence-corrected chi connectivity index (χ2v) is 11.7. The molecular formula is C31H39F7O. The second-order valence-electron chi connectivity index (χ2n) is 11.7. The first kappa shape index (κ1) is 30.0. The van der Waals surface area contributed by atoms with E-state index in [1.54, 1.807) is 12.1 Å². The Bertz CT molecular complexity index is 983. The Morgan fingerprint density at radius 1 is 0.846 bits per heavy atom. The van der Waals surface area contributed by atoms with Gasteiger partial charge in [-0.15, -0.1) is 0 Å². The molecule has 0 spiro atoms. The number of benzene rings is 1. The van der Waals surface area contributed by atoms with Gasteiger partial charge in [-0.2, -0.15) is 22.0 Å². The lowest BCUT2D eigenvalue weighted by atomic mass is 9.68. The predicted molar refractivity (Wildman–Crippen MR) is 138 cm³/mol. The third-order valence-corrected chi connectivity index (χ3v) is 9.15. The maximum Gasteiger partial charge on any atom is 0.429 e. The Morgan fingerprint density at radius 2 is 1.44 bits per heavy atom. The van der Waals surface area contributed by atoms with E-state index in [4.69, 9.17) is 0 Å². The van der Waals surface area contributed by atoms with Crippen LogP contribution >= 0.6 is 0 Å². The lowest BCUT2D eigenvalue weighted by Gasteiger charge is -2.38. The smallest absolute Gasteiger partial charge is 0.429 e. The van der Waals surface area contributed by atoms with Gasteiger partial charge in [-0.25, -0.2) is 8.78 Å². The molecule has 0 heterocycles. The standard InChI is InChI=1S/C31H39F7O/c1-2-3-4-5-21-6-8-22(9-7-21)23-10-12-24(13-11-23)25-14-16-26(17-15-25)30(34,35)39-27-18-19-29(33,28(32)20-27)31(36,37)38/h14-24,28H,2-13H2,1H3. The van der Waals surface area contributed by atoms with Crippen molar-refractivity contribution in [2.45, 2.75) is 114 Å². The summed E-state index contributed by atoms with van der Waals surface area (Å²) in [7, 11) is 0. The molecule has 0 amide bonds. The first-order valence-corrected chi connectivity index (χ1v) is 14.4. The minimum atomic E-state index is -5.52. The van der Waals surface area contributed by atoms with Gasteiger partial charge in [0.1, 0.15) is 5.76 Å². The summed E-state index contributed by atoms with van der Waals surface area (Å²) in [5.74, 6) is 1.88. The van der Waals surface area contributed by atoms with Gasteiger partial charge in [-0.1, -0.05) is 57.6 Å². The fourth-order valence-electron chi connectivity index (χ4n) is 6.65. The Morgan fingerprint density at radius 3 is 1.97 bits per heavy atom. The topological polar surface area (TPSA) is 9.23 Å². The first-order valence-electron chi connectivity index (χ1n) is 14.4. The summed E-state index contributed by atoms with van der Waals surface area (Å²) in [6.07, 6.45) is 2.74. The van der Waals surface area contributed by atoms with Crippen molar-refractivity contribution in [2.24, 2.45) is 17.8 Å². The number of hydrogen-bond donors (Lipinski definition) is 0. The highest BCUT2D eigenvalue weighted by atomic mass is 19.4. The van der Waals surface area contributed by atoms with E-state index in [0.29, 0.717) is 12.0 Å². The highest BCUT2D eigenvalue weighted by Crippen LogP contribution is 2.46. The molecule has 0 saturated heterocycles. The molecule has 3 aliphatic carbocycles. The summed E-state index contributed by atoms with van der Waals surface area (Å²) in [5.41, 5.74) is -3.81. The van der Waals surface area contributed by atoms with E-state index < -0.39 is 35.4 Å². The number of allylic oxidation sites excluding steroid dienone is 3. The van der Waals surface area contributed by atoms with Gasteiger partial charge >= 0.3 is 12.3 Å². The highest BCUT2D eigenvalue weighted by molar-refractivity contribution is 5.32. The lowest BCUT2D eigenvalue weighted by Crippen LogP contribution is -2.47. The van der Waals surface area contributed by atoms with Crippen LogP contribution in [0.4, 0.5) is 30.7 Å². The first-order chi connectivity index (χ1) is 18.4. The van der Waals surface area contributed by atoms with Crippen LogP contribution in [0.3, 0.4) is 0 Å². The molecule has 2 fully saturated rings. The van der Waals surface area contributed by atoms with Crippen LogP contribution in [0.1, 0.15) is 101 Å². The van der Waals surface area contributed by atoms with Gasteiger partial charge in [0.05, 0.1) is 5.56 Å². The molecule has 0 aromatic heterocycles. The zero-order valence-corrected chi connectivity index (χ0v) is 22.5. The molecule has 218 valence electrons. The van der Waals surface area contributed by atoms with E-state index in [-0.39, 0.29) is 12.2 Å². The van der Waals surface area contributed by atoms with Crippen molar-refractivity contribution in [3.05, 3.63) is 59.4 Å². The van der Waals surface area contributed by atoms with Crippen molar-refractivity contribution < 1.29 is 35.5 Å². The third-order valence-electron chi connectivity index (χ3n) is 9.15. The number of alkyl halides is 7. The van der Waals surface area contributed by atoms with Gasteiger partial charge in [0.25, 0.3) is 5.67 Å². The lowest BCUT2D eigenvalue weighted by molar-refractivity contribution is -0.232. The molecule has 39 heavy (non-hydrogen) atoms. The summed E-state index contributed by atoms with van der Waals surface area (Å²) >= 11 is 0. The van der Waals surface area contributed by atoms with Gasteiger partial charge in [0, 0.05) is 0 Å². The molecule has 8 heteroatoms. The van der Waals surface area contributed by atoms with Crippen molar-refractivity contribution in [1.82, 2.24) is 0 Å². The minimum absolute atomic E-state index is 0.0904. The monoisotopic (exact) mass is 560 g/mol. The third kappa shape index (κ3) is 7.02. The molecular weight excluding hydrogens is 521 g/mol. The predicted octanol–water partition coefficient (Wildman–Crippen LogP) is 10.5. The van der Waals surface area contributed by atoms with Crippen LogP contribution < -0.4 is 0 Å². The maximum atomic E-state index is 14.7. The average Bonchev–Trinajstić information content (AvgIpc) is 2.91. The summed E-state index contributed by atoms with van der Waals surface area (Å²) in [5, 5.41) is 0. The quantitative estimate of drug-likeness (QED) is 0.216. The van der Waals surface area contributed by atoms with E-state index in [1.165, 1.54) is 63.5 Å². The second kappa shape index (κ2) is 12.3. The van der Waals surface area contributed by atoms with Gasteiger partial charge in [-0.3, -0.25) is 0 Å². The van der Waals surface area contributed by atoms with Crippen LogP contribution in [0.5, 0.6) is 0 Å². The van der Waals surface area contributed by atoms with Crippen molar-refractivity contribution in [3.8, 4) is 0 Å². The van der Waals surface area contributed by atoms with E-state index in [1.807, 2.05) is 0 Å². The Labute approximate surface area is 226 Å². The molecule has 1 aromatic carbocycles. The molecule has 4 rings (SSSR count).